The maximum Gasteiger partial charge on any atom is 0.310 e. The van der Waals surface area contributed by atoms with Crippen molar-refractivity contribution in [3.05, 3.63) is 58.9 Å². The lowest BCUT2D eigenvalue weighted by Crippen LogP contribution is -2.15. The van der Waals surface area contributed by atoms with E-state index in [0.29, 0.717) is 46.4 Å². The molecule has 2 aromatic carbocycles. The van der Waals surface area contributed by atoms with Crippen LogP contribution in [0.5, 0.6) is 11.5 Å². The minimum absolute atomic E-state index is 0.0870. The van der Waals surface area contributed by atoms with E-state index in [4.69, 9.17) is 9.47 Å². The summed E-state index contributed by atoms with van der Waals surface area (Å²) in [6.07, 6.45) is 2.70. The van der Waals surface area contributed by atoms with Gasteiger partial charge in [0.15, 0.2) is 6.61 Å². The average molecular weight is 486 g/mol. The lowest BCUT2D eigenvalue weighted by molar-refractivity contribution is -0.0214. The van der Waals surface area contributed by atoms with Crippen LogP contribution >= 0.6 is 0 Å². The number of rotatable bonds is 5. The van der Waals surface area contributed by atoms with Gasteiger partial charge in [-0.3, -0.25) is 0 Å². The molecular formula is C25H25F2N3O3S. The molecule has 34 heavy (non-hydrogen) atoms. The second kappa shape index (κ2) is 8.70. The fraction of sp³-hybridized carbons (Fsp3) is 0.360. The third-order valence-electron chi connectivity index (χ3n) is 6.25. The average Bonchev–Trinajstić information content (AvgIpc) is 3.13. The Bertz CT molecular complexity index is 1300. The van der Waals surface area contributed by atoms with Crippen LogP contribution in [0, 0.1) is 6.92 Å². The second-order valence-corrected chi connectivity index (χ2v) is 10.2. The standard InChI is InChI=1S/C25H25F2N3O3S/c1-14(17-5-4-6-20-23(17)33-13-25(20,26)27)28-24-19-11-18(16-7-9-34(31)10-8-16)22(32-3)12-21(19)29-15(2)30-24/h4-7,11-12,14H,8-10,13H2,1-3H3,(H,28,29,30)/t14-,34?/m1/s1. The number of nitrogens with one attached hydrogen (secondary N) is 1. The van der Waals surface area contributed by atoms with Gasteiger partial charge in [-0.25, -0.2) is 9.97 Å². The van der Waals surface area contributed by atoms with E-state index in [1.165, 1.54) is 6.07 Å². The molecule has 9 heteroatoms. The molecule has 3 aromatic rings. The highest BCUT2D eigenvalue weighted by Gasteiger charge is 2.42. The predicted molar refractivity (Wildman–Crippen MR) is 129 cm³/mol. The van der Waals surface area contributed by atoms with Crippen molar-refractivity contribution in [3.63, 3.8) is 0 Å². The Kier molecular flexibility index (Phi) is 5.85. The molecule has 6 nitrogen and oxygen atoms in total. The van der Waals surface area contributed by atoms with Crippen molar-refractivity contribution >= 4 is 33.5 Å². The zero-order valence-electron chi connectivity index (χ0n) is 19.2. The van der Waals surface area contributed by atoms with Gasteiger partial charge in [0.25, 0.3) is 0 Å². The van der Waals surface area contributed by atoms with Crippen LogP contribution in [0.3, 0.4) is 0 Å². The molecule has 2 aliphatic heterocycles. The minimum Gasteiger partial charge on any atom is -0.616 e. The van der Waals surface area contributed by atoms with Gasteiger partial charge in [0, 0.05) is 29.0 Å². The topological polar surface area (TPSA) is 79.3 Å². The van der Waals surface area contributed by atoms with E-state index in [2.05, 4.69) is 15.3 Å². The van der Waals surface area contributed by atoms with Gasteiger partial charge < -0.3 is 19.3 Å². The first-order valence-electron chi connectivity index (χ1n) is 11.1. The van der Waals surface area contributed by atoms with Crippen molar-refractivity contribution in [2.75, 3.05) is 30.5 Å². The van der Waals surface area contributed by atoms with Gasteiger partial charge in [0.1, 0.15) is 34.6 Å². The Morgan fingerprint density at radius 3 is 2.82 bits per heavy atom. The Morgan fingerprint density at radius 1 is 1.26 bits per heavy atom. The molecule has 0 saturated carbocycles. The summed E-state index contributed by atoms with van der Waals surface area (Å²) in [6.45, 7) is 3.05. The second-order valence-electron chi connectivity index (χ2n) is 8.56. The maximum atomic E-state index is 14.2. The highest BCUT2D eigenvalue weighted by molar-refractivity contribution is 7.91. The van der Waals surface area contributed by atoms with Crippen LogP contribution in [0.1, 0.15) is 41.9 Å². The SMILES string of the molecule is COc1cc2nc(C)nc(N[C@H](C)c3cccc4c3OCC4(F)F)c2cc1C1=CC[S+]([O-])CC1. The van der Waals surface area contributed by atoms with Crippen molar-refractivity contribution in [2.45, 2.75) is 32.2 Å². The molecule has 5 rings (SSSR count). The molecule has 0 saturated heterocycles. The van der Waals surface area contributed by atoms with E-state index in [-0.39, 0.29) is 17.4 Å². The molecule has 0 fully saturated rings. The normalized spacial score (nSPS) is 19.8. The van der Waals surface area contributed by atoms with Gasteiger partial charge in [0.05, 0.1) is 24.2 Å². The molecule has 1 aromatic heterocycles. The summed E-state index contributed by atoms with van der Waals surface area (Å²) < 4.78 is 51.2. The number of hydrogen-bond donors (Lipinski definition) is 1. The number of methoxy groups -OCH3 is 1. The van der Waals surface area contributed by atoms with E-state index < -0.39 is 23.7 Å². The minimum atomic E-state index is -2.99. The third-order valence-corrected chi connectivity index (χ3v) is 7.44. The summed E-state index contributed by atoms with van der Waals surface area (Å²) in [4.78, 5) is 9.20. The summed E-state index contributed by atoms with van der Waals surface area (Å²) in [6, 6.07) is 8.35. The summed E-state index contributed by atoms with van der Waals surface area (Å²) in [5.41, 5.74) is 3.26. The van der Waals surface area contributed by atoms with Crippen LogP contribution < -0.4 is 14.8 Å². The van der Waals surface area contributed by atoms with Crippen molar-refractivity contribution in [1.82, 2.24) is 9.97 Å². The number of alkyl halides is 2. The van der Waals surface area contributed by atoms with Crippen LogP contribution in [-0.2, 0) is 17.1 Å². The molecule has 3 heterocycles. The first-order chi connectivity index (χ1) is 16.3. The number of ether oxygens (including phenoxy) is 2. The van der Waals surface area contributed by atoms with E-state index in [1.807, 2.05) is 25.1 Å². The summed E-state index contributed by atoms with van der Waals surface area (Å²) in [5, 5.41) is 4.18. The number of fused-ring (bicyclic) bond motifs is 2. The molecule has 178 valence electrons. The van der Waals surface area contributed by atoms with Gasteiger partial charge in [-0.2, -0.15) is 8.78 Å². The van der Waals surface area contributed by atoms with Gasteiger partial charge >= 0.3 is 5.92 Å². The summed E-state index contributed by atoms with van der Waals surface area (Å²) in [7, 11) is 1.62. The first-order valence-corrected chi connectivity index (χ1v) is 12.6. The van der Waals surface area contributed by atoms with Crippen LogP contribution in [0.15, 0.2) is 36.4 Å². The quantitative estimate of drug-likeness (QED) is 0.504. The predicted octanol–water partition coefficient (Wildman–Crippen LogP) is 5.14. The van der Waals surface area contributed by atoms with E-state index in [9.17, 15) is 13.3 Å². The molecule has 0 bridgehead atoms. The number of anilines is 1. The molecule has 2 aliphatic rings. The fourth-order valence-electron chi connectivity index (χ4n) is 4.52. The van der Waals surface area contributed by atoms with Crippen molar-refractivity contribution in [3.8, 4) is 11.5 Å². The molecule has 0 aliphatic carbocycles. The highest BCUT2D eigenvalue weighted by atomic mass is 32.2. The van der Waals surface area contributed by atoms with Crippen LogP contribution in [0.25, 0.3) is 16.5 Å². The smallest absolute Gasteiger partial charge is 0.310 e. The molecule has 0 amide bonds. The van der Waals surface area contributed by atoms with E-state index in [1.54, 1.807) is 26.2 Å². The van der Waals surface area contributed by atoms with Crippen LogP contribution in [0.2, 0.25) is 0 Å². The number of allylic oxidation sites excluding steroid dienone is 1. The van der Waals surface area contributed by atoms with Crippen molar-refractivity contribution < 1.29 is 22.8 Å². The van der Waals surface area contributed by atoms with Crippen LogP contribution in [-0.4, -0.2) is 39.7 Å². The number of aromatic nitrogens is 2. The van der Waals surface area contributed by atoms with Gasteiger partial charge in [-0.15, -0.1) is 0 Å². The summed E-state index contributed by atoms with van der Waals surface area (Å²) in [5.74, 6) is 0.236. The fourth-order valence-corrected chi connectivity index (χ4v) is 5.52. The lowest BCUT2D eigenvalue weighted by Gasteiger charge is -2.21. The van der Waals surface area contributed by atoms with E-state index >= 15 is 0 Å². The number of benzene rings is 2. The molecule has 2 atom stereocenters. The van der Waals surface area contributed by atoms with Crippen LogP contribution in [0.4, 0.5) is 14.6 Å². The van der Waals surface area contributed by atoms with Gasteiger partial charge in [0.2, 0.25) is 0 Å². The third kappa shape index (κ3) is 4.07. The molecule has 1 unspecified atom stereocenters. The number of para-hydroxylation sites is 1. The zero-order valence-corrected chi connectivity index (χ0v) is 20.0. The van der Waals surface area contributed by atoms with Gasteiger partial charge in [-0.05, 0) is 48.8 Å². The molecule has 0 spiro atoms. The largest absolute Gasteiger partial charge is 0.616 e. The summed E-state index contributed by atoms with van der Waals surface area (Å²) >= 11 is -0.832. The van der Waals surface area contributed by atoms with E-state index in [0.717, 1.165) is 16.5 Å². The Balaban J connectivity index is 1.56. The lowest BCUT2D eigenvalue weighted by atomic mass is 9.99. The highest BCUT2D eigenvalue weighted by Crippen LogP contribution is 2.45. The maximum absolute atomic E-state index is 14.2. The van der Waals surface area contributed by atoms with Crippen molar-refractivity contribution in [1.29, 1.82) is 0 Å². The van der Waals surface area contributed by atoms with Crippen molar-refractivity contribution in [2.24, 2.45) is 0 Å². The number of hydrogen-bond acceptors (Lipinski definition) is 6. The Labute approximate surface area is 199 Å². The molecular weight excluding hydrogens is 460 g/mol. The Morgan fingerprint density at radius 2 is 2.09 bits per heavy atom. The number of nitrogens with zero attached hydrogens (tertiary/aromatic N) is 2. The number of aryl methyl sites for hydroxylation is 1. The zero-order chi connectivity index (χ0) is 24.0. The monoisotopic (exact) mass is 485 g/mol. The Hall–Kier alpha value is -2.91. The molecule has 1 N–H and O–H groups in total. The molecule has 0 radical (unpaired) electrons. The van der Waals surface area contributed by atoms with Gasteiger partial charge in [-0.1, -0.05) is 12.1 Å². The number of halogens is 2. The first kappa shape index (κ1) is 22.9.